The van der Waals surface area contributed by atoms with Gasteiger partial charge in [0, 0.05) is 12.2 Å². The maximum atomic E-state index is 8.88. The summed E-state index contributed by atoms with van der Waals surface area (Å²) in [6, 6.07) is 5.81. The lowest BCUT2D eigenvalue weighted by Gasteiger charge is -2.12. The molecule has 0 atom stereocenters. The van der Waals surface area contributed by atoms with Crippen molar-refractivity contribution in [2.45, 2.75) is 33.6 Å². The van der Waals surface area contributed by atoms with Crippen molar-refractivity contribution in [2.24, 2.45) is 5.16 Å². The number of rotatable bonds is 8. The first-order valence-electron chi connectivity index (χ1n) is 6.69. The molecule has 0 spiro atoms. The van der Waals surface area contributed by atoms with Crippen LogP contribution < -0.4 is 4.74 Å². The first-order chi connectivity index (χ1) is 9.19. The molecule has 106 valence electrons. The monoisotopic (exact) mass is 265 g/mol. The topological polar surface area (TPSA) is 51.0 Å². The minimum atomic E-state index is 0.498. The zero-order chi connectivity index (χ0) is 14.1. The Labute approximate surface area is 115 Å². The molecule has 1 N–H and O–H groups in total. The van der Waals surface area contributed by atoms with E-state index in [1.165, 1.54) is 0 Å². The van der Waals surface area contributed by atoms with Crippen LogP contribution in [-0.4, -0.2) is 30.7 Å². The fourth-order valence-corrected chi connectivity index (χ4v) is 1.67. The molecule has 4 nitrogen and oxygen atoms in total. The van der Waals surface area contributed by atoms with Gasteiger partial charge in [0.1, 0.15) is 12.4 Å². The lowest BCUT2D eigenvalue weighted by atomic mass is 10.1. The van der Waals surface area contributed by atoms with Crippen molar-refractivity contribution in [1.82, 2.24) is 0 Å². The highest BCUT2D eigenvalue weighted by Gasteiger charge is 2.07. The lowest BCUT2D eigenvalue weighted by Crippen LogP contribution is -2.10. The SMILES string of the molecule is CCCCOCCOc1ccc(C)cc1/C(C)=N/O. The second kappa shape index (κ2) is 8.53. The summed E-state index contributed by atoms with van der Waals surface area (Å²) in [6.07, 6.45) is 2.21. The molecule has 0 aliphatic rings. The fourth-order valence-electron chi connectivity index (χ4n) is 1.67. The molecule has 0 heterocycles. The molecule has 19 heavy (non-hydrogen) atoms. The summed E-state index contributed by atoms with van der Waals surface area (Å²) >= 11 is 0. The number of nitrogens with zero attached hydrogens (tertiary/aromatic N) is 1. The summed E-state index contributed by atoms with van der Waals surface area (Å²) in [6.45, 7) is 7.72. The van der Waals surface area contributed by atoms with Gasteiger partial charge in [-0.05, 0) is 32.4 Å². The van der Waals surface area contributed by atoms with E-state index in [1.807, 2.05) is 25.1 Å². The van der Waals surface area contributed by atoms with Crippen molar-refractivity contribution in [3.8, 4) is 5.75 Å². The molecule has 0 aromatic heterocycles. The summed E-state index contributed by atoms with van der Waals surface area (Å²) in [5.74, 6) is 0.722. The van der Waals surface area contributed by atoms with E-state index in [2.05, 4.69) is 12.1 Å². The maximum absolute atomic E-state index is 8.88. The van der Waals surface area contributed by atoms with Gasteiger partial charge in [-0.1, -0.05) is 30.1 Å². The smallest absolute Gasteiger partial charge is 0.128 e. The second-order valence-electron chi connectivity index (χ2n) is 4.50. The normalized spacial score (nSPS) is 11.6. The van der Waals surface area contributed by atoms with E-state index in [9.17, 15) is 0 Å². The van der Waals surface area contributed by atoms with Gasteiger partial charge in [-0.15, -0.1) is 0 Å². The third-order valence-electron chi connectivity index (χ3n) is 2.80. The van der Waals surface area contributed by atoms with Gasteiger partial charge in [-0.3, -0.25) is 0 Å². The summed E-state index contributed by atoms with van der Waals surface area (Å²) in [5.41, 5.74) is 2.46. The standard InChI is InChI=1S/C15H23NO3/c1-4-5-8-18-9-10-19-15-7-6-12(2)11-14(15)13(3)16-17/h6-7,11,17H,4-5,8-10H2,1-3H3/b16-13+. The zero-order valence-electron chi connectivity index (χ0n) is 12.0. The Morgan fingerprint density at radius 1 is 1.26 bits per heavy atom. The quantitative estimate of drug-likeness (QED) is 0.339. The van der Waals surface area contributed by atoms with E-state index in [0.29, 0.717) is 18.9 Å². The molecule has 1 aromatic carbocycles. The van der Waals surface area contributed by atoms with Crippen LogP contribution in [0.2, 0.25) is 0 Å². The van der Waals surface area contributed by atoms with Gasteiger partial charge >= 0.3 is 0 Å². The number of hydrogen-bond acceptors (Lipinski definition) is 4. The molecule has 0 fully saturated rings. The van der Waals surface area contributed by atoms with Gasteiger partial charge in [0.05, 0.1) is 12.3 Å². The number of hydrogen-bond donors (Lipinski definition) is 1. The fraction of sp³-hybridized carbons (Fsp3) is 0.533. The molecular formula is C15H23NO3. The Hall–Kier alpha value is -1.55. The van der Waals surface area contributed by atoms with Crippen molar-refractivity contribution in [2.75, 3.05) is 19.8 Å². The molecule has 0 saturated heterocycles. The van der Waals surface area contributed by atoms with Crippen molar-refractivity contribution >= 4 is 5.71 Å². The molecule has 4 heteroatoms. The van der Waals surface area contributed by atoms with Gasteiger partial charge in [0.2, 0.25) is 0 Å². The molecule has 0 saturated carbocycles. The molecule has 0 unspecified atom stereocenters. The Morgan fingerprint density at radius 3 is 2.74 bits per heavy atom. The lowest BCUT2D eigenvalue weighted by molar-refractivity contribution is 0.0980. The third kappa shape index (κ3) is 5.30. The second-order valence-corrected chi connectivity index (χ2v) is 4.50. The van der Waals surface area contributed by atoms with Crippen molar-refractivity contribution < 1.29 is 14.7 Å². The highest BCUT2D eigenvalue weighted by atomic mass is 16.5. The van der Waals surface area contributed by atoms with Crippen LogP contribution in [0.1, 0.15) is 37.8 Å². The number of oxime groups is 1. The van der Waals surface area contributed by atoms with Crippen molar-refractivity contribution in [3.63, 3.8) is 0 Å². The molecule has 1 rings (SSSR count). The molecule has 0 aliphatic heterocycles. The van der Waals surface area contributed by atoms with Crippen LogP contribution in [0.4, 0.5) is 0 Å². The first-order valence-corrected chi connectivity index (χ1v) is 6.69. The van der Waals surface area contributed by atoms with Gasteiger partial charge in [0.25, 0.3) is 0 Å². The number of ether oxygens (including phenoxy) is 2. The molecule has 0 amide bonds. The Bertz CT molecular complexity index is 416. The van der Waals surface area contributed by atoms with Crippen LogP contribution in [0, 0.1) is 6.92 Å². The maximum Gasteiger partial charge on any atom is 0.128 e. The minimum absolute atomic E-state index is 0.498. The van der Waals surface area contributed by atoms with Crippen LogP contribution in [0.3, 0.4) is 0 Å². The van der Waals surface area contributed by atoms with E-state index in [1.54, 1.807) is 6.92 Å². The van der Waals surface area contributed by atoms with Gasteiger partial charge < -0.3 is 14.7 Å². The number of aryl methyl sites for hydroxylation is 1. The van der Waals surface area contributed by atoms with Gasteiger partial charge in [-0.25, -0.2) is 0 Å². The average molecular weight is 265 g/mol. The molecule has 1 aromatic rings. The van der Waals surface area contributed by atoms with Crippen LogP contribution >= 0.6 is 0 Å². The largest absolute Gasteiger partial charge is 0.490 e. The number of benzene rings is 1. The van der Waals surface area contributed by atoms with Crippen LogP contribution in [0.25, 0.3) is 0 Å². The van der Waals surface area contributed by atoms with Crippen LogP contribution in [-0.2, 0) is 4.74 Å². The summed E-state index contributed by atoms with van der Waals surface area (Å²) < 4.78 is 11.1. The number of unbranched alkanes of at least 4 members (excludes halogenated alkanes) is 1. The van der Waals surface area contributed by atoms with Crippen molar-refractivity contribution in [1.29, 1.82) is 0 Å². The Balaban J connectivity index is 2.53. The van der Waals surface area contributed by atoms with Gasteiger partial charge in [-0.2, -0.15) is 0 Å². The van der Waals surface area contributed by atoms with Gasteiger partial charge in [0.15, 0.2) is 0 Å². The Kier molecular flexibility index (Phi) is 6.97. The van der Waals surface area contributed by atoms with Crippen molar-refractivity contribution in [3.05, 3.63) is 29.3 Å². The molecule has 0 bridgehead atoms. The van der Waals surface area contributed by atoms with E-state index in [0.717, 1.165) is 36.3 Å². The molecule has 0 aliphatic carbocycles. The third-order valence-corrected chi connectivity index (χ3v) is 2.80. The summed E-state index contributed by atoms with van der Waals surface area (Å²) in [4.78, 5) is 0. The average Bonchev–Trinajstić information content (AvgIpc) is 2.43. The molecule has 0 radical (unpaired) electrons. The predicted octanol–water partition coefficient (Wildman–Crippen LogP) is 3.39. The van der Waals surface area contributed by atoms with Crippen LogP contribution in [0.15, 0.2) is 23.4 Å². The zero-order valence-corrected chi connectivity index (χ0v) is 12.0. The first kappa shape index (κ1) is 15.5. The van der Waals surface area contributed by atoms with Crippen LogP contribution in [0.5, 0.6) is 5.75 Å². The summed E-state index contributed by atoms with van der Waals surface area (Å²) in [5, 5.41) is 12.1. The minimum Gasteiger partial charge on any atom is -0.490 e. The van der Waals surface area contributed by atoms with E-state index >= 15 is 0 Å². The highest BCUT2D eigenvalue weighted by Crippen LogP contribution is 2.21. The van der Waals surface area contributed by atoms with E-state index in [-0.39, 0.29) is 0 Å². The van der Waals surface area contributed by atoms with E-state index < -0.39 is 0 Å². The van der Waals surface area contributed by atoms with E-state index in [4.69, 9.17) is 14.7 Å². The molecular weight excluding hydrogens is 242 g/mol. The highest BCUT2D eigenvalue weighted by molar-refractivity contribution is 6.00. The predicted molar refractivity (Wildman–Crippen MR) is 76.4 cm³/mol. The Morgan fingerprint density at radius 2 is 2.05 bits per heavy atom. The summed E-state index contributed by atoms with van der Waals surface area (Å²) in [7, 11) is 0.